The fourth-order valence-corrected chi connectivity index (χ4v) is 3.77. The number of nitrogens with one attached hydrogen (secondary N) is 1. The highest BCUT2D eigenvalue weighted by Gasteiger charge is 2.22. The van der Waals surface area contributed by atoms with Crippen LogP contribution in [-0.4, -0.2) is 69.5 Å². The summed E-state index contributed by atoms with van der Waals surface area (Å²) in [4.78, 5) is 14.5. The number of hydrogen-bond acceptors (Lipinski definition) is 5. The second-order valence-corrected chi connectivity index (χ2v) is 8.78. The first-order chi connectivity index (χ1) is 11.7. The first kappa shape index (κ1) is 19.8. The lowest BCUT2D eigenvalue weighted by Gasteiger charge is -2.35. The molecule has 2 rings (SSSR count). The molecule has 0 spiro atoms. The zero-order valence-corrected chi connectivity index (χ0v) is 16.0. The zero-order valence-electron chi connectivity index (χ0n) is 15.2. The van der Waals surface area contributed by atoms with Crippen LogP contribution in [0.2, 0.25) is 0 Å². The second-order valence-electron chi connectivity index (χ2n) is 6.63. The molecule has 0 aromatic heterocycles. The molecule has 7 nitrogen and oxygen atoms in total. The van der Waals surface area contributed by atoms with Crippen molar-refractivity contribution >= 4 is 21.6 Å². The first-order valence-corrected chi connectivity index (χ1v) is 9.82. The van der Waals surface area contributed by atoms with Gasteiger partial charge < -0.3 is 10.1 Å². The molecule has 0 saturated carbocycles. The third-order valence-electron chi connectivity index (χ3n) is 4.07. The van der Waals surface area contributed by atoms with Crippen LogP contribution in [0.3, 0.4) is 0 Å². The maximum absolute atomic E-state index is 12.1. The molecule has 1 aliphatic heterocycles. The fraction of sp³-hybridized carbons (Fsp3) is 0.588. The van der Waals surface area contributed by atoms with Gasteiger partial charge in [-0.1, -0.05) is 0 Å². The van der Waals surface area contributed by atoms with Crippen molar-refractivity contribution in [2.75, 3.05) is 39.0 Å². The Labute approximate surface area is 150 Å². The maximum Gasteiger partial charge on any atom is 0.242 e. The van der Waals surface area contributed by atoms with Crippen molar-refractivity contribution in [3.63, 3.8) is 0 Å². The summed E-state index contributed by atoms with van der Waals surface area (Å²) in [5.41, 5.74) is 0.589. The summed E-state index contributed by atoms with van der Waals surface area (Å²) in [5, 5.41) is 2.81. The Morgan fingerprint density at radius 2 is 1.76 bits per heavy atom. The van der Waals surface area contributed by atoms with Crippen molar-refractivity contribution in [3.05, 3.63) is 24.3 Å². The number of carbonyl (C=O) groups excluding carboxylic acids is 1. The van der Waals surface area contributed by atoms with Crippen LogP contribution in [0.1, 0.15) is 20.3 Å². The minimum Gasteiger partial charge on any atom is -0.373 e. The van der Waals surface area contributed by atoms with Crippen LogP contribution >= 0.6 is 0 Å². The third kappa shape index (κ3) is 5.50. The summed E-state index contributed by atoms with van der Waals surface area (Å²) in [6, 6.07) is 6.20. The number of morpholine rings is 1. The molecule has 1 aromatic carbocycles. The predicted octanol–water partition coefficient (Wildman–Crippen LogP) is 1.37. The van der Waals surface area contributed by atoms with Crippen LogP contribution in [0.4, 0.5) is 5.69 Å². The molecule has 1 aliphatic rings. The molecular weight excluding hydrogens is 342 g/mol. The number of sulfonamides is 1. The fourth-order valence-electron chi connectivity index (χ4n) is 2.87. The van der Waals surface area contributed by atoms with E-state index < -0.39 is 10.0 Å². The van der Waals surface area contributed by atoms with Gasteiger partial charge in [-0.05, 0) is 38.1 Å². The SMILES string of the molecule is C[C@H]1CN(CCC(=O)Nc2ccc(S(=O)(=O)N(C)C)cc2)C[C@H](C)O1. The Bertz CT molecular complexity index is 678. The number of nitrogens with zero attached hydrogens (tertiary/aromatic N) is 2. The first-order valence-electron chi connectivity index (χ1n) is 8.38. The van der Waals surface area contributed by atoms with Crippen molar-refractivity contribution in [1.29, 1.82) is 0 Å². The number of benzene rings is 1. The van der Waals surface area contributed by atoms with Crippen LogP contribution in [0.25, 0.3) is 0 Å². The number of anilines is 1. The normalized spacial score (nSPS) is 22.1. The van der Waals surface area contributed by atoms with E-state index in [2.05, 4.69) is 10.2 Å². The van der Waals surface area contributed by atoms with E-state index in [4.69, 9.17) is 4.74 Å². The molecular formula is C17H27N3O4S. The molecule has 0 unspecified atom stereocenters. The third-order valence-corrected chi connectivity index (χ3v) is 5.90. The smallest absolute Gasteiger partial charge is 0.242 e. The van der Waals surface area contributed by atoms with Gasteiger partial charge in [0.15, 0.2) is 0 Å². The second kappa shape index (κ2) is 8.27. The van der Waals surface area contributed by atoms with E-state index in [1.165, 1.54) is 26.2 Å². The summed E-state index contributed by atoms with van der Waals surface area (Å²) in [6.07, 6.45) is 0.744. The van der Waals surface area contributed by atoms with E-state index in [1.807, 2.05) is 13.8 Å². The lowest BCUT2D eigenvalue weighted by Crippen LogP contribution is -2.46. The van der Waals surface area contributed by atoms with Gasteiger partial charge in [0.1, 0.15) is 0 Å². The van der Waals surface area contributed by atoms with Gasteiger partial charge in [0.25, 0.3) is 0 Å². The molecule has 0 bridgehead atoms. The Morgan fingerprint density at radius 1 is 1.20 bits per heavy atom. The number of hydrogen-bond donors (Lipinski definition) is 1. The van der Waals surface area contributed by atoms with Crippen LogP contribution in [-0.2, 0) is 19.6 Å². The van der Waals surface area contributed by atoms with Crippen molar-refractivity contribution in [1.82, 2.24) is 9.21 Å². The summed E-state index contributed by atoms with van der Waals surface area (Å²) < 4.78 is 30.9. The largest absolute Gasteiger partial charge is 0.373 e. The molecule has 2 atom stereocenters. The molecule has 0 aliphatic carbocycles. The van der Waals surface area contributed by atoms with Gasteiger partial charge in [-0.15, -0.1) is 0 Å². The Morgan fingerprint density at radius 3 is 2.28 bits per heavy atom. The van der Waals surface area contributed by atoms with E-state index in [1.54, 1.807) is 12.1 Å². The lowest BCUT2D eigenvalue weighted by atomic mass is 10.2. The standard InChI is InChI=1S/C17H27N3O4S/c1-13-11-20(12-14(2)24-13)10-9-17(21)18-15-5-7-16(8-6-15)25(22,23)19(3)4/h5-8,13-14H,9-12H2,1-4H3,(H,18,21)/t13-,14-/m0/s1. The molecule has 25 heavy (non-hydrogen) atoms. The molecule has 1 amide bonds. The number of carbonyl (C=O) groups is 1. The van der Waals surface area contributed by atoms with Crippen molar-refractivity contribution in [3.8, 4) is 0 Å². The van der Waals surface area contributed by atoms with Crippen LogP contribution in [0.15, 0.2) is 29.2 Å². The summed E-state index contributed by atoms with van der Waals surface area (Å²) >= 11 is 0. The number of rotatable bonds is 6. The number of ether oxygens (including phenoxy) is 1. The minimum absolute atomic E-state index is 0.0879. The van der Waals surface area contributed by atoms with Gasteiger partial charge in [-0.2, -0.15) is 0 Å². The van der Waals surface area contributed by atoms with Crippen molar-refractivity contribution in [2.24, 2.45) is 0 Å². The zero-order chi connectivity index (χ0) is 18.6. The highest BCUT2D eigenvalue weighted by molar-refractivity contribution is 7.89. The molecule has 1 saturated heterocycles. The maximum atomic E-state index is 12.1. The highest BCUT2D eigenvalue weighted by atomic mass is 32.2. The van der Waals surface area contributed by atoms with Crippen LogP contribution < -0.4 is 5.32 Å². The monoisotopic (exact) mass is 369 g/mol. The van der Waals surface area contributed by atoms with E-state index in [0.717, 1.165) is 17.4 Å². The van der Waals surface area contributed by atoms with Crippen molar-refractivity contribution < 1.29 is 17.9 Å². The molecule has 140 valence electrons. The van der Waals surface area contributed by atoms with Crippen LogP contribution in [0.5, 0.6) is 0 Å². The van der Waals surface area contributed by atoms with Gasteiger partial charge in [0.2, 0.25) is 15.9 Å². The lowest BCUT2D eigenvalue weighted by molar-refractivity contribution is -0.117. The average molecular weight is 369 g/mol. The van der Waals surface area contributed by atoms with E-state index in [9.17, 15) is 13.2 Å². The van der Waals surface area contributed by atoms with E-state index >= 15 is 0 Å². The minimum atomic E-state index is -3.46. The summed E-state index contributed by atoms with van der Waals surface area (Å²) in [7, 11) is -0.486. The molecule has 1 fully saturated rings. The van der Waals surface area contributed by atoms with Gasteiger partial charge in [0, 0.05) is 45.8 Å². The molecule has 0 radical (unpaired) electrons. The Kier molecular flexibility index (Phi) is 6.56. The topological polar surface area (TPSA) is 79.0 Å². The van der Waals surface area contributed by atoms with Gasteiger partial charge in [-0.3, -0.25) is 9.69 Å². The summed E-state index contributed by atoms with van der Waals surface area (Å²) in [6.45, 7) is 6.40. The Hall–Kier alpha value is -1.48. The van der Waals surface area contributed by atoms with Crippen LogP contribution in [0, 0.1) is 0 Å². The average Bonchev–Trinajstić information content (AvgIpc) is 2.52. The van der Waals surface area contributed by atoms with Gasteiger partial charge in [-0.25, -0.2) is 12.7 Å². The molecule has 8 heteroatoms. The summed E-state index contributed by atoms with van der Waals surface area (Å²) in [5.74, 6) is -0.0879. The predicted molar refractivity (Wildman–Crippen MR) is 97.0 cm³/mol. The van der Waals surface area contributed by atoms with Crippen molar-refractivity contribution in [2.45, 2.75) is 37.4 Å². The molecule has 1 aromatic rings. The molecule has 1 heterocycles. The van der Waals surface area contributed by atoms with E-state index in [0.29, 0.717) is 18.7 Å². The molecule has 1 N–H and O–H groups in total. The Balaban J connectivity index is 1.86. The quantitative estimate of drug-likeness (QED) is 0.819. The van der Waals surface area contributed by atoms with Gasteiger partial charge in [0.05, 0.1) is 17.1 Å². The van der Waals surface area contributed by atoms with E-state index in [-0.39, 0.29) is 23.0 Å². The highest BCUT2D eigenvalue weighted by Crippen LogP contribution is 2.17. The van der Waals surface area contributed by atoms with Gasteiger partial charge >= 0.3 is 0 Å². The number of amides is 1.